The lowest BCUT2D eigenvalue weighted by molar-refractivity contribution is -0.138. The van der Waals surface area contributed by atoms with Gasteiger partial charge in [0.2, 0.25) is 0 Å². The van der Waals surface area contributed by atoms with Crippen molar-refractivity contribution in [1.82, 2.24) is 0 Å². The molecule has 2 aromatic rings. The number of alkyl halides is 3. The first kappa shape index (κ1) is 17.8. The molecule has 1 N–H and O–H groups in total. The van der Waals surface area contributed by atoms with Crippen molar-refractivity contribution in [2.75, 3.05) is 7.11 Å². The van der Waals surface area contributed by atoms with Gasteiger partial charge in [-0.25, -0.2) is 0 Å². The van der Waals surface area contributed by atoms with Crippen LogP contribution < -0.4 is 4.74 Å². The van der Waals surface area contributed by atoms with Crippen LogP contribution in [0, 0.1) is 0 Å². The molecule has 128 valence electrons. The predicted octanol–water partition coefficient (Wildman–Crippen LogP) is 4.79. The molecule has 2 rings (SSSR count). The quantitative estimate of drug-likeness (QED) is 0.824. The van der Waals surface area contributed by atoms with Gasteiger partial charge >= 0.3 is 12.1 Å². The lowest BCUT2D eigenvalue weighted by Crippen LogP contribution is -2.11. The summed E-state index contributed by atoms with van der Waals surface area (Å²) in [6, 6.07) is 10.7. The number of rotatable bonds is 6. The van der Waals surface area contributed by atoms with Gasteiger partial charge in [0.25, 0.3) is 0 Å². The van der Waals surface area contributed by atoms with Crippen LogP contribution in [0.4, 0.5) is 13.2 Å². The fourth-order valence-electron chi connectivity index (χ4n) is 2.58. The van der Waals surface area contributed by atoms with Gasteiger partial charge in [0.1, 0.15) is 5.75 Å². The van der Waals surface area contributed by atoms with Crippen molar-refractivity contribution in [3.8, 4) is 16.9 Å². The second-order valence-electron chi connectivity index (χ2n) is 5.31. The third-order valence-corrected chi connectivity index (χ3v) is 3.70. The second kappa shape index (κ2) is 7.38. The number of halogens is 3. The van der Waals surface area contributed by atoms with Crippen molar-refractivity contribution in [2.24, 2.45) is 0 Å². The largest absolute Gasteiger partial charge is 0.497 e. The molecule has 0 saturated heterocycles. The molecular weight excluding hydrogens is 321 g/mol. The molecule has 0 spiro atoms. The topological polar surface area (TPSA) is 46.5 Å². The third-order valence-electron chi connectivity index (χ3n) is 3.70. The zero-order chi connectivity index (χ0) is 17.7. The van der Waals surface area contributed by atoms with Gasteiger partial charge in [-0.1, -0.05) is 24.3 Å². The number of carboxylic acid groups (broad SMARTS) is 1. The van der Waals surface area contributed by atoms with E-state index in [4.69, 9.17) is 9.84 Å². The highest BCUT2D eigenvalue weighted by Gasteiger charge is 2.34. The molecule has 0 bridgehead atoms. The highest BCUT2D eigenvalue weighted by Crippen LogP contribution is 2.37. The minimum Gasteiger partial charge on any atom is -0.497 e. The normalized spacial score (nSPS) is 11.3. The van der Waals surface area contributed by atoms with E-state index in [9.17, 15) is 18.0 Å². The van der Waals surface area contributed by atoms with Crippen molar-refractivity contribution >= 4 is 5.97 Å². The molecule has 24 heavy (non-hydrogen) atoms. The van der Waals surface area contributed by atoms with Gasteiger partial charge in [0.15, 0.2) is 0 Å². The van der Waals surface area contributed by atoms with Crippen LogP contribution in [0.1, 0.15) is 24.0 Å². The van der Waals surface area contributed by atoms with E-state index >= 15 is 0 Å². The SMILES string of the molecule is COc1ccc(-c2cccc(C(F)(F)F)c2CCCC(=O)O)cc1. The van der Waals surface area contributed by atoms with Crippen molar-refractivity contribution < 1.29 is 27.8 Å². The summed E-state index contributed by atoms with van der Waals surface area (Å²) in [5, 5.41) is 8.73. The van der Waals surface area contributed by atoms with E-state index in [1.807, 2.05) is 0 Å². The van der Waals surface area contributed by atoms with Crippen molar-refractivity contribution in [1.29, 1.82) is 0 Å². The van der Waals surface area contributed by atoms with Gasteiger partial charge in [-0.05, 0) is 47.7 Å². The van der Waals surface area contributed by atoms with Gasteiger partial charge in [-0.3, -0.25) is 4.79 Å². The van der Waals surface area contributed by atoms with Gasteiger partial charge in [-0.2, -0.15) is 13.2 Å². The average Bonchev–Trinajstić information content (AvgIpc) is 2.54. The summed E-state index contributed by atoms with van der Waals surface area (Å²) in [7, 11) is 1.51. The summed E-state index contributed by atoms with van der Waals surface area (Å²) >= 11 is 0. The standard InChI is InChI=1S/C18H17F3O3/c1-24-13-10-8-12(9-11-13)14-4-2-6-16(18(19,20)21)15(14)5-3-7-17(22)23/h2,4,6,8-11H,3,5,7H2,1H3,(H,22,23). The number of carboxylic acids is 1. The Bertz CT molecular complexity index is 706. The van der Waals surface area contributed by atoms with Crippen LogP contribution in [0.2, 0.25) is 0 Å². The Balaban J connectivity index is 2.46. The molecule has 0 aliphatic carbocycles. The molecular formula is C18H17F3O3. The van der Waals surface area contributed by atoms with Crippen molar-refractivity contribution in [2.45, 2.75) is 25.4 Å². The van der Waals surface area contributed by atoms with Crippen LogP contribution >= 0.6 is 0 Å². The molecule has 0 aliphatic heterocycles. The zero-order valence-electron chi connectivity index (χ0n) is 13.1. The van der Waals surface area contributed by atoms with Crippen LogP contribution in [-0.4, -0.2) is 18.2 Å². The molecule has 0 heterocycles. The molecule has 0 saturated carbocycles. The van der Waals surface area contributed by atoms with E-state index in [1.165, 1.54) is 13.2 Å². The Hall–Kier alpha value is -2.50. The minimum absolute atomic E-state index is 0.0450. The Morgan fingerprint density at radius 1 is 1.12 bits per heavy atom. The predicted molar refractivity (Wildman–Crippen MR) is 84.0 cm³/mol. The van der Waals surface area contributed by atoms with Crippen LogP contribution in [0.5, 0.6) is 5.75 Å². The van der Waals surface area contributed by atoms with Gasteiger partial charge in [-0.15, -0.1) is 0 Å². The number of hydrogen-bond acceptors (Lipinski definition) is 2. The van der Waals surface area contributed by atoms with E-state index < -0.39 is 17.7 Å². The van der Waals surface area contributed by atoms with E-state index in [0.717, 1.165) is 6.07 Å². The summed E-state index contributed by atoms with van der Waals surface area (Å²) in [5.41, 5.74) is 0.489. The van der Waals surface area contributed by atoms with E-state index in [1.54, 1.807) is 30.3 Å². The molecule has 3 nitrogen and oxygen atoms in total. The molecule has 0 radical (unpaired) electrons. The van der Waals surface area contributed by atoms with Crippen molar-refractivity contribution in [3.63, 3.8) is 0 Å². The van der Waals surface area contributed by atoms with E-state index in [0.29, 0.717) is 16.9 Å². The summed E-state index contributed by atoms with van der Waals surface area (Å²) in [6.45, 7) is 0. The smallest absolute Gasteiger partial charge is 0.416 e. The Morgan fingerprint density at radius 3 is 2.33 bits per heavy atom. The first-order valence-corrected chi connectivity index (χ1v) is 7.38. The van der Waals surface area contributed by atoms with Gasteiger partial charge < -0.3 is 9.84 Å². The van der Waals surface area contributed by atoms with Crippen molar-refractivity contribution in [3.05, 3.63) is 53.6 Å². The molecule has 0 atom stereocenters. The molecule has 0 unspecified atom stereocenters. The fourth-order valence-corrected chi connectivity index (χ4v) is 2.58. The summed E-state index contributed by atoms with van der Waals surface area (Å²) < 4.78 is 45.0. The van der Waals surface area contributed by atoms with Crippen LogP contribution in [0.15, 0.2) is 42.5 Å². The molecule has 0 fully saturated rings. The summed E-state index contributed by atoms with van der Waals surface area (Å²) in [5.74, 6) is -0.413. The maximum atomic E-state index is 13.3. The first-order valence-electron chi connectivity index (χ1n) is 7.38. The van der Waals surface area contributed by atoms with Crippen LogP contribution in [0.3, 0.4) is 0 Å². The molecule has 0 amide bonds. The maximum Gasteiger partial charge on any atom is 0.416 e. The van der Waals surface area contributed by atoms with Crippen LogP contribution in [0.25, 0.3) is 11.1 Å². The Morgan fingerprint density at radius 2 is 1.79 bits per heavy atom. The van der Waals surface area contributed by atoms with Crippen LogP contribution in [-0.2, 0) is 17.4 Å². The summed E-state index contributed by atoms with van der Waals surface area (Å²) in [4.78, 5) is 10.7. The number of benzene rings is 2. The highest BCUT2D eigenvalue weighted by atomic mass is 19.4. The number of carbonyl (C=O) groups is 1. The molecule has 0 aromatic heterocycles. The number of methoxy groups -OCH3 is 1. The van der Waals surface area contributed by atoms with Gasteiger partial charge in [0.05, 0.1) is 12.7 Å². The summed E-state index contributed by atoms with van der Waals surface area (Å²) in [6.07, 6.45) is -4.47. The van der Waals surface area contributed by atoms with Gasteiger partial charge in [0, 0.05) is 6.42 Å². The number of ether oxygens (including phenoxy) is 1. The van der Waals surface area contributed by atoms with E-state index in [2.05, 4.69) is 0 Å². The highest BCUT2D eigenvalue weighted by molar-refractivity contribution is 5.70. The third kappa shape index (κ3) is 4.28. The lowest BCUT2D eigenvalue weighted by atomic mass is 9.91. The number of aliphatic carboxylic acids is 1. The Kier molecular flexibility index (Phi) is 5.49. The minimum atomic E-state index is -4.49. The zero-order valence-corrected chi connectivity index (χ0v) is 13.1. The molecule has 6 heteroatoms. The molecule has 0 aliphatic rings. The monoisotopic (exact) mass is 338 g/mol. The maximum absolute atomic E-state index is 13.3. The number of hydrogen-bond donors (Lipinski definition) is 1. The average molecular weight is 338 g/mol. The fraction of sp³-hybridized carbons (Fsp3) is 0.278. The molecule has 2 aromatic carbocycles. The Labute approximate surface area is 137 Å². The second-order valence-corrected chi connectivity index (χ2v) is 5.31. The lowest BCUT2D eigenvalue weighted by Gasteiger charge is -2.17. The first-order chi connectivity index (χ1) is 11.3. The van der Waals surface area contributed by atoms with E-state index in [-0.39, 0.29) is 24.8 Å².